The number of carbonyl (C=O) groups excluding carboxylic acids is 2. The fraction of sp³-hybridized carbons (Fsp3) is 0.263. The lowest BCUT2D eigenvalue weighted by molar-refractivity contribution is -0.116. The van der Waals surface area contributed by atoms with E-state index in [9.17, 15) is 18.0 Å². The van der Waals surface area contributed by atoms with Crippen molar-refractivity contribution in [3.05, 3.63) is 52.5 Å². The van der Waals surface area contributed by atoms with Crippen LogP contribution in [0.4, 0.5) is 16.2 Å². The Morgan fingerprint density at radius 2 is 1.86 bits per heavy atom. The van der Waals surface area contributed by atoms with Gasteiger partial charge in [-0.3, -0.25) is 14.3 Å². The molecule has 0 bridgehead atoms. The van der Waals surface area contributed by atoms with Crippen LogP contribution >= 0.6 is 27.7 Å². The zero-order valence-electron chi connectivity index (χ0n) is 15.6. The minimum Gasteiger partial charge on any atom is -0.332 e. The molecule has 2 aromatic carbocycles. The first-order valence-corrected chi connectivity index (χ1v) is 12.1. The second kappa shape index (κ2) is 9.19. The molecule has 1 saturated heterocycles. The molecule has 1 aliphatic heterocycles. The van der Waals surface area contributed by atoms with Crippen LogP contribution in [-0.2, 0) is 14.8 Å². The van der Waals surface area contributed by atoms with Gasteiger partial charge in [-0.1, -0.05) is 33.8 Å². The highest BCUT2D eigenvalue weighted by atomic mass is 79.9. The van der Waals surface area contributed by atoms with Crippen molar-refractivity contribution in [2.45, 2.75) is 18.2 Å². The normalized spacial score (nSPS) is 14.1. The van der Waals surface area contributed by atoms with Crippen molar-refractivity contribution >= 4 is 60.2 Å². The summed E-state index contributed by atoms with van der Waals surface area (Å²) in [6.45, 7) is 2.68. The second-order valence-corrected chi connectivity index (χ2v) is 10.1. The van der Waals surface area contributed by atoms with E-state index in [1.165, 1.54) is 17.8 Å². The van der Waals surface area contributed by atoms with E-state index in [-0.39, 0.29) is 22.5 Å². The van der Waals surface area contributed by atoms with Crippen molar-refractivity contribution in [2.24, 2.45) is 0 Å². The summed E-state index contributed by atoms with van der Waals surface area (Å²) in [5.74, 6) is 0.466. The fourth-order valence-electron chi connectivity index (χ4n) is 2.78. The van der Waals surface area contributed by atoms with Crippen molar-refractivity contribution in [2.75, 3.05) is 28.9 Å². The van der Waals surface area contributed by atoms with E-state index in [2.05, 4.69) is 26.0 Å². The minimum atomic E-state index is -3.82. The Balaban J connectivity index is 1.69. The first-order valence-electron chi connectivity index (χ1n) is 8.85. The molecular weight excluding hydrogens is 478 g/mol. The number of amides is 2. The molecule has 10 heteroatoms. The quantitative estimate of drug-likeness (QED) is 0.601. The number of thioether (sulfide) groups is 1. The molecular formula is C19H20BrN3O4S2. The Bertz CT molecular complexity index is 1030. The molecule has 7 nitrogen and oxygen atoms in total. The lowest BCUT2D eigenvalue weighted by Crippen LogP contribution is -2.27. The molecule has 154 valence electrons. The SMILES string of the molecule is Cc1ccc(NC(=O)CCN2CCSC2=O)cc1S(=O)(=O)Nc1ccc(Br)cc1. The van der Waals surface area contributed by atoms with Gasteiger partial charge in [-0.25, -0.2) is 8.42 Å². The average Bonchev–Trinajstić information content (AvgIpc) is 3.08. The molecule has 0 spiro atoms. The highest BCUT2D eigenvalue weighted by Gasteiger charge is 2.22. The number of halogens is 1. The summed E-state index contributed by atoms with van der Waals surface area (Å²) >= 11 is 4.56. The Morgan fingerprint density at radius 1 is 1.17 bits per heavy atom. The number of anilines is 2. The number of aryl methyl sites for hydroxylation is 1. The third kappa shape index (κ3) is 5.74. The molecule has 29 heavy (non-hydrogen) atoms. The van der Waals surface area contributed by atoms with Gasteiger partial charge in [0.05, 0.1) is 4.90 Å². The van der Waals surface area contributed by atoms with Crippen LogP contribution in [0.5, 0.6) is 0 Å². The minimum absolute atomic E-state index is 0.0134. The van der Waals surface area contributed by atoms with Crippen molar-refractivity contribution in [3.63, 3.8) is 0 Å². The molecule has 0 atom stereocenters. The van der Waals surface area contributed by atoms with Gasteiger partial charge in [0.2, 0.25) is 5.91 Å². The summed E-state index contributed by atoms with van der Waals surface area (Å²) in [5, 5.41) is 2.70. The Hall–Kier alpha value is -2.04. The predicted molar refractivity (Wildman–Crippen MR) is 119 cm³/mol. The van der Waals surface area contributed by atoms with Crippen LogP contribution in [0, 0.1) is 6.92 Å². The van der Waals surface area contributed by atoms with Gasteiger partial charge in [0, 0.05) is 41.1 Å². The lowest BCUT2D eigenvalue weighted by Gasteiger charge is -2.15. The lowest BCUT2D eigenvalue weighted by atomic mass is 10.2. The number of sulfonamides is 1. The summed E-state index contributed by atoms with van der Waals surface area (Å²) in [4.78, 5) is 25.5. The van der Waals surface area contributed by atoms with Crippen LogP contribution in [-0.4, -0.2) is 43.3 Å². The number of benzene rings is 2. The first-order chi connectivity index (χ1) is 13.7. The van der Waals surface area contributed by atoms with E-state index in [0.717, 1.165) is 10.2 Å². The van der Waals surface area contributed by atoms with Gasteiger partial charge in [0.1, 0.15) is 0 Å². The van der Waals surface area contributed by atoms with E-state index in [1.807, 2.05) is 0 Å². The van der Waals surface area contributed by atoms with Crippen molar-refractivity contribution in [3.8, 4) is 0 Å². The van der Waals surface area contributed by atoms with Crippen LogP contribution < -0.4 is 10.0 Å². The molecule has 2 N–H and O–H groups in total. The van der Waals surface area contributed by atoms with Gasteiger partial charge in [0.25, 0.3) is 15.3 Å². The van der Waals surface area contributed by atoms with Crippen LogP contribution in [0.1, 0.15) is 12.0 Å². The largest absolute Gasteiger partial charge is 0.332 e. The molecule has 0 aliphatic carbocycles. The van der Waals surface area contributed by atoms with E-state index in [1.54, 1.807) is 48.2 Å². The zero-order valence-corrected chi connectivity index (χ0v) is 18.9. The van der Waals surface area contributed by atoms with Gasteiger partial charge in [0.15, 0.2) is 0 Å². The third-order valence-electron chi connectivity index (χ3n) is 4.31. The highest BCUT2D eigenvalue weighted by molar-refractivity contribution is 9.10. The highest BCUT2D eigenvalue weighted by Crippen LogP contribution is 2.24. The monoisotopic (exact) mass is 497 g/mol. The number of nitrogens with one attached hydrogen (secondary N) is 2. The summed E-state index contributed by atoms with van der Waals surface area (Å²) in [7, 11) is -3.82. The first kappa shape index (κ1) is 21.7. The molecule has 3 rings (SSSR count). The number of rotatable bonds is 7. The number of nitrogens with zero attached hydrogens (tertiary/aromatic N) is 1. The van der Waals surface area contributed by atoms with Gasteiger partial charge >= 0.3 is 0 Å². The summed E-state index contributed by atoms with van der Waals surface area (Å²) in [6.07, 6.45) is 0.152. The van der Waals surface area contributed by atoms with Gasteiger partial charge in [-0.2, -0.15) is 0 Å². The van der Waals surface area contributed by atoms with Crippen LogP contribution in [0.15, 0.2) is 51.8 Å². The zero-order chi connectivity index (χ0) is 21.0. The van der Waals surface area contributed by atoms with Gasteiger partial charge in [-0.05, 0) is 48.9 Å². The summed E-state index contributed by atoms with van der Waals surface area (Å²) < 4.78 is 29.0. The molecule has 0 saturated carbocycles. The molecule has 1 fully saturated rings. The van der Waals surface area contributed by atoms with E-state index in [4.69, 9.17) is 0 Å². The van der Waals surface area contributed by atoms with E-state index in [0.29, 0.717) is 30.0 Å². The van der Waals surface area contributed by atoms with Crippen molar-refractivity contribution in [1.29, 1.82) is 0 Å². The third-order valence-corrected chi connectivity index (χ3v) is 7.26. The number of carbonyl (C=O) groups is 2. The fourth-order valence-corrected chi connectivity index (χ4v) is 5.23. The molecule has 2 amide bonds. The summed E-state index contributed by atoms with van der Waals surface area (Å²) in [6, 6.07) is 11.5. The molecule has 2 aromatic rings. The maximum Gasteiger partial charge on any atom is 0.281 e. The number of hydrogen-bond acceptors (Lipinski definition) is 5. The number of hydrogen-bond donors (Lipinski definition) is 2. The van der Waals surface area contributed by atoms with E-state index < -0.39 is 10.0 Å². The summed E-state index contributed by atoms with van der Waals surface area (Å²) in [5.41, 5.74) is 1.39. The molecule has 0 unspecified atom stereocenters. The molecule has 0 radical (unpaired) electrons. The molecule has 1 heterocycles. The second-order valence-electron chi connectivity index (χ2n) is 6.49. The average molecular weight is 498 g/mol. The Kier molecular flexibility index (Phi) is 6.86. The Labute approximate surface area is 182 Å². The van der Waals surface area contributed by atoms with Crippen LogP contribution in [0.25, 0.3) is 0 Å². The van der Waals surface area contributed by atoms with Crippen molar-refractivity contribution < 1.29 is 18.0 Å². The Morgan fingerprint density at radius 3 is 2.52 bits per heavy atom. The van der Waals surface area contributed by atoms with Gasteiger partial charge < -0.3 is 10.2 Å². The standard InChI is InChI=1S/C19H20BrN3O4S2/c1-13-2-5-16(21-18(24)8-9-23-10-11-28-19(23)25)12-17(13)29(26,27)22-15-6-3-14(20)4-7-15/h2-7,12,22H,8-11H2,1H3,(H,21,24). The van der Waals surface area contributed by atoms with Crippen LogP contribution in [0.3, 0.4) is 0 Å². The molecule has 0 aromatic heterocycles. The molecule has 1 aliphatic rings. The maximum absolute atomic E-state index is 12.8. The van der Waals surface area contributed by atoms with Crippen LogP contribution in [0.2, 0.25) is 0 Å². The predicted octanol–water partition coefficient (Wildman–Crippen LogP) is 4.06. The topological polar surface area (TPSA) is 95.6 Å². The smallest absolute Gasteiger partial charge is 0.281 e. The maximum atomic E-state index is 12.8. The van der Waals surface area contributed by atoms with Gasteiger partial charge in [-0.15, -0.1) is 0 Å². The van der Waals surface area contributed by atoms with E-state index >= 15 is 0 Å². The van der Waals surface area contributed by atoms with Crippen molar-refractivity contribution in [1.82, 2.24) is 4.90 Å².